The quantitative estimate of drug-likeness (QED) is 0.360. The van der Waals surface area contributed by atoms with Gasteiger partial charge in [-0.15, -0.1) is 0 Å². The number of nitrogens with zero attached hydrogens (tertiary/aromatic N) is 3. The maximum atomic E-state index is 12.0. The molecule has 0 bridgehead atoms. The summed E-state index contributed by atoms with van der Waals surface area (Å²) < 4.78 is 18.3. The van der Waals surface area contributed by atoms with E-state index in [1.807, 2.05) is 49.9 Å². The first-order valence-corrected chi connectivity index (χ1v) is 14.0. The number of carbonyl (C=O) groups is 2. The monoisotopic (exact) mass is 666 g/mol. The number of benzene rings is 2. The molecule has 0 saturated carbocycles. The van der Waals surface area contributed by atoms with Crippen LogP contribution in [0.2, 0.25) is 0 Å². The highest BCUT2D eigenvalue weighted by molar-refractivity contribution is 9.10. The number of hydrogen-bond acceptors (Lipinski definition) is 8. The minimum atomic E-state index is -0.472. The molecule has 3 heterocycles. The van der Waals surface area contributed by atoms with Crippen LogP contribution in [-0.4, -0.2) is 54.6 Å². The van der Waals surface area contributed by atoms with Crippen LogP contribution in [0.3, 0.4) is 0 Å². The predicted molar refractivity (Wildman–Crippen MR) is 157 cm³/mol. The second kappa shape index (κ2) is 11.6. The van der Waals surface area contributed by atoms with Gasteiger partial charge in [0.25, 0.3) is 5.91 Å². The summed E-state index contributed by atoms with van der Waals surface area (Å²) in [5, 5.41) is 4.04. The number of nitrogens with one attached hydrogen (secondary N) is 1. The topological polar surface area (TPSA) is 92.7 Å². The molecule has 2 aromatic carbocycles. The third-order valence-electron chi connectivity index (χ3n) is 6.33. The zero-order chi connectivity index (χ0) is 27.7. The lowest BCUT2D eigenvalue weighted by atomic mass is 10.1. The fraction of sp³-hybridized carbons (Fsp3) is 0.385. The number of ether oxygens (including phenoxy) is 3. The number of esters is 1. The number of hydrazone groups is 1. The molecule has 2 unspecified atom stereocenters. The Hall–Kier alpha value is -2.70. The molecule has 3 aliphatic rings. The molecule has 0 saturated heterocycles. The Balaban J connectivity index is 0.000000178. The number of rotatable bonds is 3. The van der Waals surface area contributed by atoms with Gasteiger partial charge >= 0.3 is 5.97 Å². The Morgan fingerprint density at radius 1 is 1.13 bits per heavy atom. The standard InChI is InChI=1S/C14H16BrNO3S.C12H12BrN3O2/c1-4-18-14(17)9(3)16-11-6-10(15)8(2)5-12(11)19-7-13(16)20;1-6-3-10-9(4-8(6)13)16-7(2)12(17)15-14-11(16)5-18-10/h5-6,9H,4,7H2,1-3H3;3-4,7H,5H2,1-2H3,(H,15,17). The summed E-state index contributed by atoms with van der Waals surface area (Å²) in [7, 11) is 0. The molecule has 38 heavy (non-hydrogen) atoms. The van der Waals surface area contributed by atoms with Crippen molar-refractivity contribution in [3.8, 4) is 11.5 Å². The van der Waals surface area contributed by atoms with Crippen LogP contribution in [-0.2, 0) is 14.3 Å². The van der Waals surface area contributed by atoms with E-state index in [9.17, 15) is 9.59 Å². The summed E-state index contributed by atoms with van der Waals surface area (Å²) in [4.78, 5) is 28.0. The number of amides is 1. The van der Waals surface area contributed by atoms with Crippen molar-refractivity contribution >= 4 is 78.2 Å². The molecule has 1 amide bonds. The molecule has 0 aliphatic carbocycles. The van der Waals surface area contributed by atoms with E-state index in [-0.39, 0.29) is 17.9 Å². The van der Waals surface area contributed by atoms with Crippen molar-refractivity contribution in [3.05, 3.63) is 44.3 Å². The van der Waals surface area contributed by atoms with E-state index in [0.29, 0.717) is 24.8 Å². The molecular formula is C26H28Br2N4O5S. The summed E-state index contributed by atoms with van der Waals surface area (Å²) in [6, 6.07) is 7.04. The van der Waals surface area contributed by atoms with Crippen LogP contribution in [0.15, 0.2) is 38.3 Å². The molecule has 0 radical (unpaired) electrons. The lowest BCUT2D eigenvalue weighted by Crippen LogP contribution is -2.55. The summed E-state index contributed by atoms with van der Waals surface area (Å²) in [5.74, 6) is 1.85. The number of fused-ring (bicyclic) bond motifs is 4. The Morgan fingerprint density at radius 3 is 2.34 bits per heavy atom. The molecule has 0 fully saturated rings. The van der Waals surface area contributed by atoms with Crippen molar-refractivity contribution < 1.29 is 23.8 Å². The second-order valence-electron chi connectivity index (χ2n) is 8.96. The van der Waals surface area contributed by atoms with E-state index in [1.165, 1.54) is 0 Å². The van der Waals surface area contributed by atoms with Crippen LogP contribution in [0.1, 0.15) is 31.9 Å². The van der Waals surface area contributed by atoms with Crippen molar-refractivity contribution in [1.82, 2.24) is 5.43 Å². The molecule has 2 aromatic rings. The zero-order valence-corrected chi connectivity index (χ0v) is 25.6. The van der Waals surface area contributed by atoms with Crippen LogP contribution in [0.4, 0.5) is 11.4 Å². The van der Waals surface area contributed by atoms with Crippen LogP contribution >= 0.6 is 44.1 Å². The number of thiocarbonyl (C=S) groups is 1. The second-order valence-corrected chi connectivity index (χ2v) is 11.1. The Labute approximate surface area is 243 Å². The van der Waals surface area contributed by atoms with E-state index in [2.05, 4.69) is 42.4 Å². The summed E-state index contributed by atoms with van der Waals surface area (Å²) in [6.45, 7) is 10.4. The van der Waals surface area contributed by atoms with Crippen LogP contribution < -0.4 is 24.7 Å². The minimum absolute atomic E-state index is 0.108. The van der Waals surface area contributed by atoms with Gasteiger partial charge in [-0.05, 0) is 70.0 Å². The Morgan fingerprint density at radius 2 is 1.71 bits per heavy atom. The summed E-state index contributed by atoms with van der Waals surface area (Å²) >= 11 is 12.3. The highest BCUT2D eigenvalue weighted by Gasteiger charge is 2.35. The first kappa shape index (κ1) is 28.3. The van der Waals surface area contributed by atoms with Gasteiger partial charge in [0.1, 0.15) is 41.8 Å². The van der Waals surface area contributed by atoms with Gasteiger partial charge in [-0.1, -0.05) is 44.1 Å². The van der Waals surface area contributed by atoms with Gasteiger partial charge in [-0.3, -0.25) is 4.79 Å². The molecule has 9 nitrogen and oxygen atoms in total. The Bertz CT molecular complexity index is 1340. The number of amidine groups is 1. The van der Waals surface area contributed by atoms with E-state index in [0.717, 1.165) is 48.8 Å². The molecule has 1 N–H and O–H groups in total. The lowest BCUT2D eigenvalue weighted by Gasteiger charge is -2.38. The lowest BCUT2D eigenvalue weighted by molar-refractivity contribution is -0.144. The third-order valence-corrected chi connectivity index (χ3v) is 8.35. The van der Waals surface area contributed by atoms with E-state index < -0.39 is 6.04 Å². The van der Waals surface area contributed by atoms with Crippen molar-refractivity contribution in [3.63, 3.8) is 0 Å². The van der Waals surface area contributed by atoms with Crippen LogP contribution in [0.25, 0.3) is 0 Å². The van der Waals surface area contributed by atoms with Crippen molar-refractivity contribution in [1.29, 1.82) is 0 Å². The number of hydrogen-bond donors (Lipinski definition) is 1. The third kappa shape index (κ3) is 5.52. The van der Waals surface area contributed by atoms with Gasteiger partial charge in [-0.2, -0.15) is 5.10 Å². The molecule has 12 heteroatoms. The highest BCUT2D eigenvalue weighted by atomic mass is 79.9. The molecule has 0 aromatic heterocycles. The first-order valence-electron chi connectivity index (χ1n) is 12.0. The average Bonchev–Trinajstić information content (AvgIpc) is 2.88. The molecule has 3 aliphatic heterocycles. The number of halogens is 2. The van der Waals surface area contributed by atoms with Crippen molar-refractivity contribution in [2.75, 3.05) is 29.6 Å². The normalized spacial score (nSPS) is 18.3. The predicted octanol–water partition coefficient (Wildman–Crippen LogP) is 5.02. The minimum Gasteiger partial charge on any atom is -0.484 e. The van der Waals surface area contributed by atoms with Gasteiger partial charge in [0.15, 0.2) is 5.84 Å². The van der Waals surface area contributed by atoms with Gasteiger partial charge in [0, 0.05) is 8.95 Å². The van der Waals surface area contributed by atoms with Gasteiger partial charge in [-0.25, -0.2) is 10.2 Å². The fourth-order valence-corrected chi connectivity index (χ4v) is 5.21. The first-order chi connectivity index (χ1) is 18.0. The van der Waals surface area contributed by atoms with Gasteiger partial charge < -0.3 is 24.0 Å². The van der Waals surface area contributed by atoms with Crippen LogP contribution in [0, 0.1) is 13.8 Å². The smallest absolute Gasteiger partial charge is 0.328 e. The molecule has 2 atom stereocenters. The van der Waals surface area contributed by atoms with Gasteiger partial charge in [0.2, 0.25) is 0 Å². The van der Waals surface area contributed by atoms with Crippen molar-refractivity contribution in [2.45, 2.75) is 46.7 Å². The fourth-order valence-electron chi connectivity index (χ4n) is 4.23. The van der Waals surface area contributed by atoms with Gasteiger partial charge in [0.05, 0.1) is 18.0 Å². The summed E-state index contributed by atoms with van der Waals surface area (Å²) in [6.07, 6.45) is 0. The Kier molecular flexibility index (Phi) is 8.63. The number of aryl methyl sites for hydroxylation is 2. The zero-order valence-electron chi connectivity index (χ0n) is 21.6. The number of carbonyl (C=O) groups excluding carboxylic acids is 2. The van der Waals surface area contributed by atoms with E-state index in [1.54, 1.807) is 18.7 Å². The van der Waals surface area contributed by atoms with E-state index >= 15 is 0 Å². The molecule has 5 rings (SSSR count). The van der Waals surface area contributed by atoms with E-state index in [4.69, 9.17) is 26.4 Å². The van der Waals surface area contributed by atoms with Crippen molar-refractivity contribution in [2.24, 2.45) is 5.10 Å². The molecular weight excluding hydrogens is 640 g/mol. The molecule has 0 spiro atoms. The number of anilines is 2. The largest absolute Gasteiger partial charge is 0.484 e. The highest BCUT2D eigenvalue weighted by Crippen LogP contribution is 2.39. The SMILES string of the molecule is CCOC(=O)C(C)N1C(=S)COc2cc(C)c(Br)cc21.Cc1cc2c(cc1Br)N1C(=NNC(=O)C1C)CO2. The average molecular weight is 668 g/mol. The maximum Gasteiger partial charge on any atom is 0.328 e. The molecule has 202 valence electrons. The van der Waals surface area contributed by atoms with Crippen LogP contribution in [0.5, 0.6) is 11.5 Å². The summed E-state index contributed by atoms with van der Waals surface area (Å²) in [5.41, 5.74) is 6.34. The maximum absolute atomic E-state index is 12.0.